The third-order valence-electron chi connectivity index (χ3n) is 3.00. The zero-order chi connectivity index (χ0) is 15.2. The molecule has 2 rings (SSSR count). The molecule has 2 aromatic rings. The number of ether oxygens (including phenoxy) is 1. The monoisotopic (exact) mass is 283 g/mol. The molecule has 0 fully saturated rings. The van der Waals surface area contributed by atoms with Crippen molar-refractivity contribution in [3.05, 3.63) is 65.2 Å². The minimum absolute atomic E-state index is 0.305. The first kappa shape index (κ1) is 14.8. The molecule has 1 amide bonds. The van der Waals surface area contributed by atoms with Gasteiger partial charge in [0.25, 0.3) is 5.91 Å². The van der Waals surface area contributed by atoms with Crippen molar-refractivity contribution in [3.63, 3.8) is 0 Å². The molecule has 21 heavy (non-hydrogen) atoms. The van der Waals surface area contributed by atoms with Crippen LogP contribution in [0.15, 0.2) is 48.5 Å². The molecule has 0 unspecified atom stereocenters. The van der Waals surface area contributed by atoms with E-state index >= 15 is 0 Å². The van der Waals surface area contributed by atoms with Gasteiger partial charge < -0.3 is 10.1 Å². The first-order chi connectivity index (χ1) is 10.1. The fraction of sp³-hybridized carbons (Fsp3) is 0.176. The van der Waals surface area contributed by atoms with Gasteiger partial charge >= 0.3 is 5.97 Å². The number of hydrogen-bond acceptors (Lipinski definition) is 3. The van der Waals surface area contributed by atoms with E-state index in [1.165, 1.54) is 0 Å². The third-order valence-corrected chi connectivity index (χ3v) is 3.00. The number of esters is 1. The maximum atomic E-state index is 11.8. The topological polar surface area (TPSA) is 55.4 Å². The van der Waals surface area contributed by atoms with Gasteiger partial charge in [0.05, 0.1) is 5.56 Å². The molecule has 0 aliphatic heterocycles. The largest absolute Gasteiger partial charge is 0.452 e. The van der Waals surface area contributed by atoms with E-state index in [-0.39, 0.29) is 12.5 Å². The highest BCUT2D eigenvalue weighted by Crippen LogP contribution is 2.15. The summed E-state index contributed by atoms with van der Waals surface area (Å²) >= 11 is 0. The van der Waals surface area contributed by atoms with Crippen LogP contribution in [0.1, 0.15) is 21.5 Å². The number of nitrogens with one attached hydrogen (secondary N) is 1. The molecule has 0 bridgehead atoms. The van der Waals surface area contributed by atoms with E-state index in [9.17, 15) is 9.59 Å². The highest BCUT2D eigenvalue weighted by Gasteiger charge is 2.10. The second kappa shape index (κ2) is 6.70. The highest BCUT2D eigenvalue weighted by molar-refractivity contribution is 5.95. The van der Waals surface area contributed by atoms with E-state index < -0.39 is 5.97 Å². The van der Waals surface area contributed by atoms with Crippen LogP contribution < -0.4 is 5.32 Å². The quantitative estimate of drug-likeness (QED) is 0.877. The van der Waals surface area contributed by atoms with Crippen molar-refractivity contribution >= 4 is 17.6 Å². The number of hydrogen-bond donors (Lipinski definition) is 1. The van der Waals surface area contributed by atoms with E-state index in [1.807, 2.05) is 38.1 Å². The van der Waals surface area contributed by atoms with Crippen molar-refractivity contribution in [1.82, 2.24) is 0 Å². The van der Waals surface area contributed by atoms with E-state index in [2.05, 4.69) is 5.32 Å². The van der Waals surface area contributed by atoms with Gasteiger partial charge in [0.1, 0.15) is 0 Å². The van der Waals surface area contributed by atoms with Crippen molar-refractivity contribution in [2.45, 2.75) is 13.8 Å². The smallest absolute Gasteiger partial charge is 0.338 e. The minimum Gasteiger partial charge on any atom is -0.452 e. The van der Waals surface area contributed by atoms with Crippen molar-refractivity contribution in [3.8, 4) is 0 Å². The van der Waals surface area contributed by atoms with Crippen LogP contribution in [0.5, 0.6) is 0 Å². The molecule has 0 saturated heterocycles. The van der Waals surface area contributed by atoms with Gasteiger partial charge in [-0.3, -0.25) is 4.79 Å². The van der Waals surface area contributed by atoms with Crippen LogP contribution in [0.2, 0.25) is 0 Å². The van der Waals surface area contributed by atoms with Gasteiger partial charge in [-0.05, 0) is 37.6 Å². The van der Waals surface area contributed by atoms with Gasteiger partial charge in [0.15, 0.2) is 6.61 Å². The third kappa shape index (κ3) is 4.18. The average molecular weight is 283 g/mol. The Bertz CT molecular complexity index is 650. The zero-order valence-electron chi connectivity index (χ0n) is 12.1. The lowest BCUT2D eigenvalue weighted by Gasteiger charge is -2.09. The summed E-state index contributed by atoms with van der Waals surface area (Å²) in [5, 5.41) is 2.73. The van der Waals surface area contributed by atoms with Crippen molar-refractivity contribution in [2.24, 2.45) is 0 Å². The molecule has 0 heterocycles. The molecule has 0 spiro atoms. The van der Waals surface area contributed by atoms with Crippen LogP contribution in [-0.2, 0) is 9.53 Å². The fourth-order valence-corrected chi connectivity index (χ4v) is 1.93. The molecule has 4 nitrogen and oxygen atoms in total. The molecule has 0 aliphatic carbocycles. The maximum absolute atomic E-state index is 11.8. The Hall–Kier alpha value is -2.62. The molecule has 108 valence electrons. The minimum atomic E-state index is -0.508. The fourth-order valence-electron chi connectivity index (χ4n) is 1.93. The molecular weight excluding hydrogens is 266 g/mol. The summed E-state index contributed by atoms with van der Waals surface area (Å²) in [4.78, 5) is 23.5. The van der Waals surface area contributed by atoms with Gasteiger partial charge in [-0.15, -0.1) is 0 Å². The van der Waals surface area contributed by atoms with Gasteiger partial charge in [-0.1, -0.05) is 35.9 Å². The van der Waals surface area contributed by atoms with Crippen LogP contribution >= 0.6 is 0 Å². The molecule has 2 aromatic carbocycles. The molecular formula is C17H17NO3. The first-order valence-corrected chi connectivity index (χ1v) is 6.65. The number of rotatable bonds is 4. The van der Waals surface area contributed by atoms with Crippen LogP contribution in [0.25, 0.3) is 0 Å². The molecule has 0 aliphatic rings. The second-order valence-electron chi connectivity index (χ2n) is 4.81. The normalized spacial score (nSPS) is 10.0. The number of carbonyl (C=O) groups is 2. The number of aryl methyl sites for hydroxylation is 2. The van der Waals surface area contributed by atoms with Crippen LogP contribution in [0, 0.1) is 13.8 Å². The second-order valence-corrected chi connectivity index (χ2v) is 4.81. The summed E-state index contributed by atoms with van der Waals surface area (Å²) in [5.74, 6) is -0.863. The molecule has 0 aromatic heterocycles. The van der Waals surface area contributed by atoms with Crippen LogP contribution in [0.4, 0.5) is 5.69 Å². The zero-order valence-corrected chi connectivity index (χ0v) is 12.1. The lowest BCUT2D eigenvalue weighted by atomic mass is 10.1. The van der Waals surface area contributed by atoms with Crippen molar-refractivity contribution in [1.29, 1.82) is 0 Å². The SMILES string of the molecule is Cc1ccc(NC(=O)COC(=O)c2ccccc2)c(C)c1. The highest BCUT2D eigenvalue weighted by atomic mass is 16.5. The summed E-state index contributed by atoms with van der Waals surface area (Å²) in [5.41, 5.74) is 3.25. The Labute approximate surface area is 123 Å². The molecule has 0 saturated carbocycles. The Morgan fingerprint density at radius 1 is 1.05 bits per heavy atom. The van der Waals surface area contributed by atoms with Gasteiger partial charge in [0, 0.05) is 5.69 Å². The maximum Gasteiger partial charge on any atom is 0.338 e. The Kier molecular flexibility index (Phi) is 4.72. The molecule has 4 heteroatoms. The lowest BCUT2D eigenvalue weighted by Crippen LogP contribution is -2.21. The van der Waals surface area contributed by atoms with Crippen LogP contribution in [-0.4, -0.2) is 18.5 Å². The van der Waals surface area contributed by atoms with Crippen LogP contribution in [0.3, 0.4) is 0 Å². The van der Waals surface area contributed by atoms with Crippen molar-refractivity contribution in [2.75, 3.05) is 11.9 Å². The predicted molar refractivity (Wildman–Crippen MR) is 81.3 cm³/mol. The van der Waals surface area contributed by atoms with E-state index in [0.717, 1.165) is 16.8 Å². The van der Waals surface area contributed by atoms with E-state index in [4.69, 9.17) is 4.74 Å². The summed E-state index contributed by atoms with van der Waals surface area (Å²) in [6.07, 6.45) is 0. The van der Waals surface area contributed by atoms with E-state index in [0.29, 0.717) is 5.56 Å². The first-order valence-electron chi connectivity index (χ1n) is 6.65. The molecule has 1 N–H and O–H groups in total. The summed E-state index contributed by atoms with van der Waals surface area (Å²) in [7, 11) is 0. The van der Waals surface area contributed by atoms with Gasteiger partial charge in [-0.2, -0.15) is 0 Å². The van der Waals surface area contributed by atoms with Gasteiger partial charge in [0.2, 0.25) is 0 Å². The Morgan fingerprint density at radius 3 is 2.43 bits per heavy atom. The predicted octanol–water partition coefficient (Wildman–Crippen LogP) is 3.10. The standard InChI is InChI=1S/C17H17NO3/c1-12-8-9-15(13(2)10-12)18-16(19)11-21-17(20)14-6-4-3-5-7-14/h3-10H,11H2,1-2H3,(H,18,19). The van der Waals surface area contributed by atoms with E-state index in [1.54, 1.807) is 24.3 Å². The molecule has 0 atom stereocenters. The number of benzene rings is 2. The lowest BCUT2D eigenvalue weighted by molar-refractivity contribution is -0.119. The Morgan fingerprint density at radius 2 is 1.76 bits per heavy atom. The summed E-state index contributed by atoms with van der Waals surface area (Å²) in [6, 6.07) is 14.3. The van der Waals surface area contributed by atoms with Crippen molar-refractivity contribution < 1.29 is 14.3 Å². The Balaban J connectivity index is 1.89. The summed E-state index contributed by atoms with van der Waals surface area (Å²) < 4.78 is 4.97. The number of carbonyl (C=O) groups excluding carboxylic acids is 2. The summed E-state index contributed by atoms with van der Waals surface area (Å²) in [6.45, 7) is 3.60. The number of amides is 1. The van der Waals surface area contributed by atoms with Gasteiger partial charge in [-0.25, -0.2) is 4.79 Å². The number of anilines is 1. The average Bonchev–Trinajstić information content (AvgIpc) is 2.48. The molecule has 0 radical (unpaired) electrons.